The third-order valence-corrected chi connectivity index (χ3v) is 3.43. The summed E-state index contributed by atoms with van der Waals surface area (Å²) in [6.45, 7) is 7.30. The van der Waals surface area contributed by atoms with Crippen molar-refractivity contribution in [3.8, 4) is 0 Å². The molecule has 1 saturated heterocycles. The van der Waals surface area contributed by atoms with Crippen LogP contribution >= 0.6 is 0 Å². The predicted octanol–water partition coefficient (Wildman–Crippen LogP) is -0.600. The molecule has 0 aromatic rings. The van der Waals surface area contributed by atoms with Crippen molar-refractivity contribution in [3.63, 3.8) is 0 Å². The number of carbonyl (C=O) groups excluding carboxylic acids is 1. The number of nitrogens with two attached hydrogens (primary N) is 1. The lowest BCUT2D eigenvalue weighted by Crippen LogP contribution is -2.52. The molecule has 5 heteroatoms. The molecule has 0 radical (unpaired) electrons. The van der Waals surface area contributed by atoms with Crippen LogP contribution in [0, 0.1) is 11.8 Å². The normalized spacial score (nSPS) is 26.4. The number of aliphatic hydroxyl groups excluding tert-OH is 1. The highest BCUT2D eigenvalue weighted by Crippen LogP contribution is 2.23. The van der Waals surface area contributed by atoms with Gasteiger partial charge >= 0.3 is 0 Å². The number of carbonyl (C=O) groups is 1. The molecule has 0 aromatic heterocycles. The Morgan fingerprint density at radius 2 is 2.24 bits per heavy atom. The largest absolute Gasteiger partial charge is 0.395 e. The van der Waals surface area contributed by atoms with Crippen molar-refractivity contribution < 1.29 is 9.90 Å². The van der Waals surface area contributed by atoms with Gasteiger partial charge in [0.15, 0.2) is 0 Å². The second kappa shape index (κ2) is 6.93. The molecule has 1 aliphatic heterocycles. The highest BCUT2D eigenvalue weighted by atomic mass is 16.3. The Morgan fingerprint density at radius 1 is 1.53 bits per heavy atom. The number of aliphatic hydroxyl groups is 1. The Morgan fingerprint density at radius 3 is 2.76 bits per heavy atom. The van der Waals surface area contributed by atoms with Crippen molar-refractivity contribution in [2.45, 2.75) is 26.3 Å². The molecule has 5 nitrogen and oxygen atoms in total. The van der Waals surface area contributed by atoms with Gasteiger partial charge in [-0.25, -0.2) is 0 Å². The van der Waals surface area contributed by atoms with Crippen LogP contribution in [-0.4, -0.2) is 54.7 Å². The quantitative estimate of drug-likeness (QED) is 0.582. The number of rotatable bonds is 6. The number of hydrogen-bond acceptors (Lipinski definition) is 4. The number of primary amides is 1. The molecule has 0 aromatic carbocycles. The van der Waals surface area contributed by atoms with E-state index in [-0.39, 0.29) is 12.5 Å². The lowest BCUT2D eigenvalue weighted by atomic mass is 9.85. The molecule has 0 bridgehead atoms. The van der Waals surface area contributed by atoms with Crippen molar-refractivity contribution in [3.05, 3.63) is 0 Å². The molecule has 100 valence electrons. The van der Waals surface area contributed by atoms with Gasteiger partial charge in [-0.2, -0.15) is 0 Å². The van der Waals surface area contributed by atoms with E-state index in [4.69, 9.17) is 10.8 Å². The SMILES string of the molecule is CC(C)C1CC(NCCO)CN(CC(N)=O)C1. The molecular weight excluding hydrogens is 218 g/mol. The second-order valence-corrected chi connectivity index (χ2v) is 5.27. The molecule has 2 unspecified atom stereocenters. The van der Waals surface area contributed by atoms with Gasteiger partial charge in [-0.1, -0.05) is 13.8 Å². The summed E-state index contributed by atoms with van der Waals surface area (Å²) >= 11 is 0. The summed E-state index contributed by atoms with van der Waals surface area (Å²) in [6, 6.07) is 0.350. The molecular formula is C12H25N3O2. The van der Waals surface area contributed by atoms with E-state index in [1.165, 1.54) is 0 Å². The van der Waals surface area contributed by atoms with Crippen molar-refractivity contribution in [1.82, 2.24) is 10.2 Å². The molecule has 4 N–H and O–H groups in total. The molecule has 1 fully saturated rings. The molecule has 1 heterocycles. The van der Waals surface area contributed by atoms with Gasteiger partial charge in [-0.15, -0.1) is 0 Å². The second-order valence-electron chi connectivity index (χ2n) is 5.27. The summed E-state index contributed by atoms with van der Waals surface area (Å²) in [5, 5.41) is 12.1. The zero-order chi connectivity index (χ0) is 12.8. The number of nitrogens with one attached hydrogen (secondary N) is 1. The van der Waals surface area contributed by atoms with E-state index in [9.17, 15) is 4.79 Å². The molecule has 1 aliphatic rings. The summed E-state index contributed by atoms with van der Waals surface area (Å²) in [7, 11) is 0. The van der Waals surface area contributed by atoms with E-state index in [1.54, 1.807) is 0 Å². The summed E-state index contributed by atoms with van der Waals surface area (Å²) < 4.78 is 0. The standard InChI is InChI=1S/C12H25N3O2/c1-9(2)10-5-11(14-3-4-16)7-15(6-10)8-12(13)17/h9-11,14,16H,3-8H2,1-2H3,(H2,13,17). The van der Waals surface area contributed by atoms with Gasteiger partial charge in [0, 0.05) is 25.7 Å². The Labute approximate surface area is 103 Å². The van der Waals surface area contributed by atoms with Crippen LogP contribution in [0.4, 0.5) is 0 Å². The zero-order valence-corrected chi connectivity index (χ0v) is 10.9. The first kappa shape index (κ1) is 14.4. The minimum absolute atomic E-state index is 0.151. The van der Waals surface area contributed by atoms with E-state index < -0.39 is 0 Å². The van der Waals surface area contributed by atoms with E-state index >= 15 is 0 Å². The van der Waals surface area contributed by atoms with Crippen LogP contribution in [0.15, 0.2) is 0 Å². The highest BCUT2D eigenvalue weighted by Gasteiger charge is 2.29. The van der Waals surface area contributed by atoms with Crippen LogP contribution in [0.5, 0.6) is 0 Å². The van der Waals surface area contributed by atoms with Gasteiger partial charge in [-0.05, 0) is 18.3 Å². The fourth-order valence-electron chi connectivity index (χ4n) is 2.48. The molecule has 1 amide bonds. The minimum Gasteiger partial charge on any atom is -0.395 e. The first-order valence-electron chi connectivity index (χ1n) is 6.37. The average molecular weight is 243 g/mol. The van der Waals surface area contributed by atoms with Gasteiger partial charge in [0.1, 0.15) is 0 Å². The van der Waals surface area contributed by atoms with Crippen LogP contribution in [-0.2, 0) is 4.79 Å². The Bertz CT molecular complexity index is 246. The van der Waals surface area contributed by atoms with Gasteiger partial charge in [0.05, 0.1) is 13.2 Å². The van der Waals surface area contributed by atoms with Gasteiger partial charge in [0.2, 0.25) is 5.91 Å². The Hall–Kier alpha value is -0.650. The summed E-state index contributed by atoms with van der Waals surface area (Å²) in [6.07, 6.45) is 1.10. The van der Waals surface area contributed by atoms with Gasteiger partial charge < -0.3 is 16.2 Å². The summed E-state index contributed by atoms with van der Waals surface area (Å²) in [5.74, 6) is 0.915. The zero-order valence-electron chi connectivity index (χ0n) is 10.9. The third-order valence-electron chi connectivity index (χ3n) is 3.43. The number of nitrogens with zero attached hydrogens (tertiary/aromatic N) is 1. The summed E-state index contributed by atoms with van der Waals surface area (Å²) in [5.41, 5.74) is 5.25. The lowest BCUT2D eigenvalue weighted by Gasteiger charge is -2.39. The van der Waals surface area contributed by atoms with Crippen molar-refractivity contribution in [1.29, 1.82) is 0 Å². The van der Waals surface area contributed by atoms with Crippen LogP contribution in [0.25, 0.3) is 0 Å². The molecule has 1 rings (SSSR count). The Balaban J connectivity index is 2.52. The maximum Gasteiger partial charge on any atom is 0.231 e. The molecule has 0 saturated carbocycles. The monoisotopic (exact) mass is 243 g/mol. The van der Waals surface area contributed by atoms with Crippen molar-refractivity contribution >= 4 is 5.91 Å². The Kier molecular flexibility index (Phi) is 5.88. The topological polar surface area (TPSA) is 78.6 Å². The van der Waals surface area contributed by atoms with E-state index in [0.717, 1.165) is 19.5 Å². The number of hydrogen-bond donors (Lipinski definition) is 3. The van der Waals surface area contributed by atoms with Crippen LogP contribution in [0.1, 0.15) is 20.3 Å². The fraction of sp³-hybridized carbons (Fsp3) is 0.917. The first-order valence-corrected chi connectivity index (χ1v) is 6.37. The highest BCUT2D eigenvalue weighted by molar-refractivity contribution is 5.75. The number of likely N-dealkylation sites (tertiary alicyclic amines) is 1. The first-order chi connectivity index (χ1) is 8.02. The van der Waals surface area contributed by atoms with E-state index in [2.05, 4.69) is 24.1 Å². The maximum absolute atomic E-state index is 11.0. The van der Waals surface area contributed by atoms with Gasteiger partial charge in [-0.3, -0.25) is 9.69 Å². The number of piperidine rings is 1. The molecule has 17 heavy (non-hydrogen) atoms. The maximum atomic E-state index is 11.0. The van der Waals surface area contributed by atoms with Crippen LogP contribution < -0.4 is 11.1 Å². The van der Waals surface area contributed by atoms with Gasteiger partial charge in [0.25, 0.3) is 0 Å². The van der Waals surface area contributed by atoms with E-state index in [0.29, 0.717) is 31.0 Å². The lowest BCUT2D eigenvalue weighted by molar-refractivity contribution is -0.119. The van der Waals surface area contributed by atoms with E-state index in [1.807, 2.05) is 0 Å². The smallest absolute Gasteiger partial charge is 0.231 e. The molecule has 0 aliphatic carbocycles. The average Bonchev–Trinajstić information content (AvgIpc) is 2.25. The third kappa shape index (κ3) is 5.02. The van der Waals surface area contributed by atoms with Crippen molar-refractivity contribution in [2.75, 3.05) is 32.8 Å². The molecule has 0 spiro atoms. The van der Waals surface area contributed by atoms with Crippen molar-refractivity contribution in [2.24, 2.45) is 17.6 Å². The summed E-state index contributed by atoms with van der Waals surface area (Å²) in [4.78, 5) is 13.1. The van der Waals surface area contributed by atoms with Crippen LogP contribution in [0.3, 0.4) is 0 Å². The van der Waals surface area contributed by atoms with Crippen LogP contribution in [0.2, 0.25) is 0 Å². The number of amides is 1. The fourth-order valence-corrected chi connectivity index (χ4v) is 2.48. The minimum atomic E-state index is -0.268. The predicted molar refractivity (Wildman–Crippen MR) is 67.5 cm³/mol. The molecule has 2 atom stereocenters.